The van der Waals surface area contributed by atoms with Crippen molar-refractivity contribution < 1.29 is 9.84 Å². The lowest BCUT2D eigenvalue weighted by Gasteiger charge is -2.38. The van der Waals surface area contributed by atoms with Gasteiger partial charge in [-0.1, -0.05) is 13.0 Å². The highest BCUT2D eigenvalue weighted by molar-refractivity contribution is 5.85. The van der Waals surface area contributed by atoms with Crippen LogP contribution in [0.15, 0.2) is 55.1 Å². The molecule has 0 radical (unpaired) electrons. The molecule has 1 fully saturated rings. The van der Waals surface area contributed by atoms with Crippen molar-refractivity contribution in [3.05, 3.63) is 66.2 Å². The number of piperidine rings is 1. The first-order chi connectivity index (χ1) is 18.2. The molecule has 1 aliphatic heterocycles. The Bertz CT molecular complexity index is 1470. The number of nitrogens with one attached hydrogen (secondary N) is 1. The van der Waals surface area contributed by atoms with Crippen LogP contribution in [-0.4, -0.2) is 56.0 Å². The molecule has 0 amide bonds. The summed E-state index contributed by atoms with van der Waals surface area (Å²) in [6.45, 7) is 9.63. The fraction of sp³-hybridized carbons (Fsp3) is 0.379. The van der Waals surface area contributed by atoms with Crippen molar-refractivity contribution in [3.63, 3.8) is 0 Å². The molecule has 2 atom stereocenters. The van der Waals surface area contributed by atoms with Gasteiger partial charge >= 0.3 is 0 Å². The molecule has 5 heterocycles. The summed E-state index contributed by atoms with van der Waals surface area (Å²) in [5, 5.41) is 27.7. The summed E-state index contributed by atoms with van der Waals surface area (Å²) in [5.74, 6) is 2.85. The van der Waals surface area contributed by atoms with Crippen LogP contribution in [0.1, 0.15) is 38.3 Å². The Balaban J connectivity index is 1.35. The molecule has 0 bridgehead atoms. The topological polar surface area (TPSA) is 112 Å². The van der Waals surface area contributed by atoms with Crippen LogP contribution in [0.2, 0.25) is 0 Å². The molecule has 0 aliphatic carbocycles. The van der Waals surface area contributed by atoms with Crippen molar-refractivity contribution >= 4 is 17.2 Å². The summed E-state index contributed by atoms with van der Waals surface area (Å²) in [5.41, 5.74) is 3.01. The van der Waals surface area contributed by atoms with Gasteiger partial charge in [-0.05, 0) is 62.9 Å². The summed E-state index contributed by atoms with van der Waals surface area (Å²) in [4.78, 5) is 11.6. The van der Waals surface area contributed by atoms with Gasteiger partial charge in [0.1, 0.15) is 30.1 Å². The Labute approximate surface area is 222 Å². The number of aromatic nitrogens is 4. The van der Waals surface area contributed by atoms with Gasteiger partial charge in [0, 0.05) is 42.7 Å². The molecule has 38 heavy (non-hydrogen) atoms. The van der Waals surface area contributed by atoms with Crippen molar-refractivity contribution in [2.45, 2.75) is 45.8 Å². The Morgan fingerprint density at radius 3 is 2.76 bits per heavy atom. The van der Waals surface area contributed by atoms with Crippen LogP contribution in [0.4, 0.5) is 11.6 Å². The van der Waals surface area contributed by atoms with E-state index in [9.17, 15) is 10.4 Å². The predicted molar refractivity (Wildman–Crippen MR) is 147 cm³/mol. The molecule has 0 spiro atoms. The van der Waals surface area contributed by atoms with E-state index in [2.05, 4.69) is 46.3 Å². The number of nitrogens with zero attached hydrogens (tertiary/aromatic N) is 6. The molecule has 5 rings (SSSR count). The molecule has 1 saturated heterocycles. The molecule has 1 aliphatic rings. The number of ether oxygens (including phenoxy) is 1. The number of hydrogen-bond acceptors (Lipinski definition) is 8. The third-order valence-electron chi connectivity index (χ3n) is 6.92. The van der Waals surface area contributed by atoms with E-state index >= 15 is 0 Å². The van der Waals surface area contributed by atoms with Crippen LogP contribution < -0.4 is 15.0 Å². The molecule has 0 saturated carbocycles. The number of aryl methyl sites for hydroxylation is 1. The maximum atomic E-state index is 10.1. The highest BCUT2D eigenvalue weighted by Gasteiger charge is 2.27. The van der Waals surface area contributed by atoms with Crippen LogP contribution in [0, 0.1) is 24.2 Å². The molecule has 4 aromatic heterocycles. The van der Waals surface area contributed by atoms with E-state index in [1.807, 2.05) is 36.7 Å². The number of fused-ring (bicyclic) bond motifs is 1. The molecule has 196 valence electrons. The monoisotopic (exact) mass is 511 g/mol. The number of hydrogen-bond donors (Lipinski definition) is 2. The lowest BCUT2D eigenvalue weighted by molar-refractivity contribution is 0.0283. The number of nitriles is 1. The van der Waals surface area contributed by atoms with Gasteiger partial charge in [0.2, 0.25) is 0 Å². The SMILES string of the molecule is Cc1cccnc1N[C@H]1CCN(c2ccc(-c3cc(OCC(C)(C)O)cn4ncc(C#N)c34)cn2)C[C@@H]1C. The highest BCUT2D eigenvalue weighted by atomic mass is 16.5. The molecule has 9 nitrogen and oxygen atoms in total. The second kappa shape index (κ2) is 10.3. The fourth-order valence-electron chi connectivity index (χ4n) is 4.85. The van der Waals surface area contributed by atoms with E-state index in [1.54, 1.807) is 30.8 Å². The van der Waals surface area contributed by atoms with E-state index in [-0.39, 0.29) is 6.61 Å². The Kier molecular flexibility index (Phi) is 6.91. The average Bonchev–Trinajstić information content (AvgIpc) is 3.32. The van der Waals surface area contributed by atoms with E-state index in [4.69, 9.17) is 9.72 Å². The van der Waals surface area contributed by atoms with Crippen LogP contribution in [0.3, 0.4) is 0 Å². The standard InChI is InChI=1S/C29H33N7O2/c1-19-6-5-10-31-28(19)34-25-9-11-35(16-20(25)2)26-8-7-21(14-32-26)24-12-23(38-18-29(3,4)37)17-36-27(24)22(13-30)15-33-36/h5-8,10,12,14-15,17,20,25,37H,9,11,16,18H2,1-4H3,(H,31,34)/t20-,25-/m0/s1. The summed E-state index contributed by atoms with van der Waals surface area (Å²) in [6.07, 6.45) is 7.92. The van der Waals surface area contributed by atoms with Gasteiger partial charge < -0.3 is 20.1 Å². The van der Waals surface area contributed by atoms with E-state index in [0.717, 1.165) is 47.8 Å². The lowest BCUT2D eigenvalue weighted by atomic mass is 9.93. The molecule has 0 aromatic carbocycles. The van der Waals surface area contributed by atoms with E-state index < -0.39 is 5.60 Å². The predicted octanol–water partition coefficient (Wildman–Crippen LogP) is 4.45. The fourth-order valence-corrected chi connectivity index (χ4v) is 4.85. The van der Waals surface area contributed by atoms with Crippen LogP contribution in [0.25, 0.3) is 16.6 Å². The van der Waals surface area contributed by atoms with Crippen molar-refractivity contribution in [2.75, 3.05) is 29.9 Å². The summed E-state index contributed by atoms with van der Waals surface area (Å²) in [6, 6.07) is 12.5. The van der Waals surface area contributed by atoms with E-state index in [1.165, 1.54) is 0 Å². The zero-order valence-electron chi connectivity index (χ0n) is 22.2. The van der Waals surface area contributed by atoms with Gasteiger partial charge in [-0.2, -0.15) is 10.4 Å². The Morgan fingerprint density at radius 1 is 1.24 bits per heavy atom. The van der Waals surface area contributed by atoms with Crippen LogP contribution in [-0.2, 0) is 0 Å². The van der Waals surface area contributed by atoms with Crippen LogP contribution in [0.5, 0.6) is 5.75 Å². The summed E-state index contributed by atoms with van der Waals surface area (Å²) < 4.78 is 7.48. The second-order valence-electron chi connectivity index (χ2n) is 10.7. The largest absolute Gasteiger partial charge is 0.489 e. The molecule has 2 N–H and O–H groups in total. The van der Waals surface area contributed by atoms with Crippen molar-refractivity contribution in [3.8, 4) is 22.9 Å². The van der Waals surface area contributed by atoms with Crippen molar-refractivity contribution in [1.82, 2.24) is 19.6 Å². The molecular weight excluding hydrogens is 478 g/mol. The van der Waals surface area contributed by atoms with Crippen molar-refractivity contribution in [1.29, 1.82) is 5.26 Å². The summed E-state index contributed by atoms with van der Waals surface area (Å²) >= 11 is 0. The van der Waals surface area contributed by atoms with Gasteiger partial charge in [0.05, 0.1) is 29.1 Å². The zero-order valence-corrected chi connectivity index (χ0v) is 22.2. The normalized spacial score (nSPS) is 17.8. The lowest BCUT2D eigenvalue weighted by Crippen LogP contribution is -2.45. The first-order valence-corrected chi connectivity index (χ1v) is 12.9. The first kappa shape index (κ1) is 25.5. The molecule has 4 aromatic rings. The Morgan fingerprint density at radius 2 is 2.08 bits per heavy atom. The minimum atomic E-state index is -0.975. The maximum absolute atomic E-state index is 10.1. The number of aliphatic hydroxyl groups is 1. The second-order valence-corrected chi connectivity index (χ2v) is 10.7. The highest BCUT2D eigenvalue weighted by Crippen LogP contribution is 2.32. The average molecular weight is 512 g/mol. The molecule has 9 heteroatoms. The zero-order chi connectivity index (χ0) is 26.9. The van der Waals surface area contributed by atoms with Crippen molar-refractivity contribution in [2.24, 2.45) is 5.92 Å². The summed E-state index contributed by atoms with van der Waals surface area (Å²) in [7, 11) is 0. The number of anilines is 2. The minimum Gasteiger partial charge on any atom is -0.489 e. The van der Waals surface area contributed by atoms with Crippen LogP contribution >= 0.6 is 0 Å². The third-order valence-corrected chi connectivity index (χ3v) is 6.92. The van der Waals surface area contributed by atoms with Gasteiger partial charge in [0.25, 0.3) is 0 Å². The first-order valence-electron chi connectivity index (χ1n) is 12.9. The van der Waals surface area contributed by atoms with Gasteiger partial charge in [-0.25, -0.2) is 14.5 Å². The Hall–Kier alpha value is -4.16. The van der Waals surface area contributed by atoms with Gasteiger partial charge in [-0.3, -0.25) is 0 Å². The van der Waals surface area contributed by atoms with Gasteiger partial charge in [0.15, 0.2) is 0 Å². The van der Waals surface area contributed by atoms with E-state index in [0.29, 0.717) is 28.8 Å². The minimum absolute atomic E-state index is 0.129. The number of pyridine rings is 3. The molecular formula is C29H33N7O2. The quantitative estimate of drug-likeness (QED) is 0.374. The molecule has 0 unspecified atom stereocenters. The smallest absolute Gasteiger partial charge is 0.138 e. The number of rotatable bonds is 7. The maximum Gasteiger partial charge on any atom is 0.138 e. The third kappa shape index (κ3) is 5.41. The van der Waals surface area contributed by atoms with Gasteiger partial charge in [-0.15, -0.1) is 0 Å².